The van der Waals surface area contributed by atoms with E-state index >= 15 is 0 Å². The van der Waals surface area contributed by atoms with E-state index < -0.39 is 21.3 Å². The summed E-state index contributed by atoms with van der Waals surface area (Å²) in [7, 11) is 0. The molecule has 0 bridgehead atoms. The number of rotatable bonds is 4. The quantitative estimate of drug-likeness (QED) is 0.168. The predicted molar refractivity (Wildman–Crippen MR) is 214 cm³/mol. The first-order valence-corrected chi connectivity index (χ1v) is 22.5. The van der Waals surface area contributed by atoms with Gasteiger partial charge in [0.1, 0.15) is 0 Å². The predicted octanol–water partition coefficient (Wildman–Crippen LogP) is 13.8. The van der Waals surface area contributed by atoms with Gasteiger partial charge in [0.05, 0.1) is 0 Å². The van der Waals surface area contributed by atoms with Crippen LogP contribution >= 0.6 is 23.2 Å². The summed E-state index contributed by atoms with van der Waals surface area (Å²) in [4.78, 5) is 0. The molecule has 248 valence electrons. The Hall–Kier alpha value is -3.35. The van der Waals surface area contributed by atoms with Crippen LogP contribution in [0, 0.1) is 0 Å². The minimum atomic E-state index is -2.98. The molecule has 0 heterocycles. The Kier molecular flexibility index (Phi) is 8.58. The summed E-state index contributed by atoms with van der Waals surface area (Å²) in [6.45, 7) is 14.0. The molecular weight excluding hydrogens is 727 g/mol. The van der Waals surface area contributed by atoms with Crippen LogP contribution < -0.4 is 0 Å². The zero-order valence-electron chi connectivity index (χ0n) is 29.6. The van der Waals surface area contributed by atoms with E-state index in [0.29, 0.717) is 7.25 Å². The third-order valence-electron chi connectivity index (χ3n) is 10.7. The number of hydrogen-bond acceptors (Lipinski definition) is 0. The molecule has 0 radical (unpaired) electrons. The molecule has 2 aliphatic rings. The molecule has 0 nitrogen and oxygen atoms in total. The van der Waals surface area contributed by atoms with Gasteiger partial charge in [-0.15, -0.1) is 0 Å². The topological polar surface area (TPSA) is 0 Å². The summed E-state index contributed by atoms with van der Waals surface area (Å²) in [6, 6.07) is 41.0. The second kappa shape index (κ2) is 12.7. The van der Waals surface area contributed by atoms with E-state index in [1.807, 2.05) is 0 Å². The van der Waals surface area contributed by atoms with Crippen molar-refractivity contribution in [1.29, 1.82) is 0 Å². The molecule has 0 spiro atoms. The summed E-state index contributed by atoms with van der Waals surface area (Å²) in [5, 5.41) is 6.19. The summed E-state index contributed by atoms with van der Waals surface area (Å²) in [5.74, 6) is 0. The first-order valence-electron chi connectivity index (χ1n) is 17.7. The van der Waals surface area contributed by atoms with Gasteiger partial charge in [0.2, 0.25) is 0 Å². The summed E-state index contributed by atoms with van der Waals surface area (Å²) in [6.07, 6.45) is 9.50. The number of halogens is 2. The molecule has 0 saturated carbocycles. The van der Waals surface area contributed by atoms with Crippen molar-refractivity contribution in [1.82, 2.24) is 0 Å². The molecule has 50 heavy (non-hydrogen) atoms. The molecule has 3 heteroatoms. The number of hydrogen-bond donors (Lipinski definition) is 0. The average molecular weight is 769 g/mol. The van der Waals surface area contributed by atoms with Crippen LogP contribution in [0.2, 0.25) is 13.7 Å². The van der Waals surface area contributed by atoms with Crippen LogP contribution in [0.5, 0.6) is 0 Å². The molecule has 6 aromatic rings. The molecule has 6 aromatic carbocycles. The Morgan fingerprint density at radius 2 is 0.940 bits per heavy atom. The Bertz CT molecular complexity index is 2270. The van der Waals surface area contributed by atoms with Crippen LogP contribution in [0.15, 0.2) is 133 Å². The van der Waals surface area contributed by atoms with Gasteiger partial charge in [-0.25, -0.2) is 0 Å². The summed E-state index contributed by atoms with van der Waals surface area (Å²) in [5.41, 5.74) is 11.2. The Morgan fingerprint density at radius 3 is 1.36 bits per heavy atom. The normalized spacial score (nSPS) is 14.5. The van der Waals surface area contributed by atoms with Crippen LogP contribution in [0.1, 0.15) is 78.5 Å². The van der Waals surface area contributed by atoms with Gasteiger partial charge in [0, 0.05) is 0 Å². The Morgan fingerprint density at radius 1 is 0.520 bits per heavy atom. The molecule has 2 aliphatic carbocycles. The van der Waals surface area contributed by atoms with Gasteiger partial charge in [-0.1, -0.05) is 0 Å². The van der Waals surface area contributed by atoms with Crippen LogP contribution in [0.25, 0.3) is 32.7 Å². The molecule has 0 aromatic heterocycles. The number of benzene rings is 6. The van der Waals surface area contributed by atoms with Crippen molar-refractivity contribution >= 4 is 48.0 Å². The first-order chi connectivity index (χ1) is 23.9. The minimum absolute atomic E-state index is 0.0508. The van der Waals surface area contributed by atoms with E-state index in [4.69, 9.17) is 23.2 Å². The van der Waals surface area contributed by atoms with E-state index in [9.17, 15) is 0 Å². The zero-order chi connectivity index (χ0) is 34.9. The monoisotopic (exact) mass is 766 g/mol. The van der Waals surface area contributed by atoms with Crippen molar-refractivity contribution in [2.75, 3.05) is 0 Å². The van der Waals surface area contributed by atoms with Crippen molar-refractivity contribution in [3.05, 3.63) is 177 Å². The molecule has 0 amide bonds. The zero-order valence-corrected chi connectivity index (χ0v) is 33.6. The van der Waals surface area contributed by atoms with Crippen LogP contribution in [0.4, 0.5) is 0 Å². The molecule has 0 unspecified atom stereocenters. The maximum atomic E-state index is 6.93. The van der Waals surface area contributed by atoms with Crippen molar-refractivity contribution in [3.63, 3.8) is 0 Å². The molecule has 8 rings (SSSR count). The van der Waals surface area contributed by atoms with Crippen molar-refractivity contribution in [2.24, 2.45) is 0 Å². The van der Waals surface area contributed by atoms with Gasteiger partial charge in [-0.2, -0.15) is 0 Å². The van der Waals surface area contributed by atoms with Crippen molar-refractivity contribution < 1.29 is 21.3 Å². The molecule has 0 saturated heterocycles. The van der Waals surface area contributed by atoms with Crippen LogP contribution in [-0.2, 0) is 32.1 Å². The summed E-state index contributed by atoms with van der Waals surface area (Å²) >= 11 is 10.9. The van der Waals surface area contributed by atoms with Gasteiger partial charge in [0.15, 0.2) is 0 Å². The second-order valence-corrected chi connectivity index (χ2v) is 23.3. The Balaban J connectivity index is 1.55. The van der Waals surface area contributed by atoms with E-state index in [0.717, 1.165) is 20.8 Å². The molecule has 0 fully saturated rings. The van der Waals surface area contributed by atoms with Crippen LogP contribution in [-0.4, -0.2) is 3.21 Å². The molecule has 0 atom stereocenters. The van der Waals surface area contributed by atoms with Gasteiger partial charge in [-0.3, -0.25) is 0 Å². The standard InChI is InChI=1S/C21H12Cl2.C21H25.C5H5.Zr/c22-20-11-9-14(16-5-1-3-7-18(16)20)13-15-10-12-21(23)19-8-4-2-6-17(15)19;1-20(2,3)16-9-7-14-11-15-8-10-17(21(4,5)6)13-19(15)18(14)12-16;1-2-4-5-3-1;/h1-12H;7-13H,1-6H3;1-5H;. The van der Waals surface area contributed by atoms with Crippen molar-refractivity contribution in [2.45, 2.75) is 59.6 Å². The van der Waals surface area contributed by atoms with Crippen LogP contribution in [0.3, 0.4) is 0 Å². The second-order valence-electron chi connectivity index (χ2n) is 15.9. The van der Waals surface area contributed by atoms with Gasteiger partial charge >= 0.3 is 317 Å². The van der Waals surface area contributed by atoms with E-state index in [2.05, 4.69) is 175 Å². The average Bonchev–Trinajstić information content (AvgIpc) is 3.74. The number of allylic oxidation sites excluding steroid dienone is 4. The fourth-order valence-electron chi connectivity index (χ4n) is 8.08. The molecular formula is C47H42Cl2Zr. The van der Waals surface area contributed by atoms with E-state index in [1.54, 1.807) is 0 Å². The van der Waals surface area contributed by atoms with Crippen molar-refractivity contribution in [3.8, 4) is 11.1 Å². The maximum absolute atomic E-state index is 6.93. The van der Waals surface area contributed by atoms with E-state index in [-0.39, 0.29) is 10.8 Å². The molecule has 0 aliphatic heterocycles. The first kappa shape index (κ1) is 33.8. The fraction of sp³-hybridized carbons (Fsp3) is 0.213. The van der Waals surface area contributed by atoms with Gasteiger partial charge in [0.25, 0.3) is 0 Å². The molecule has 0 N–H and O–H groups in total. The van der Waals surface area contributed by atoms with Gasteiger partial charge < -0.3 is 0 Å². The fourth-order valence-corrected chi connectivity index (χ4v) is 18.1. The third-order valence-corrected chi connectivity index (χ3v) is 19.9. The SMILES string of the molecule is CC(C)(C)c1ccc2c(c1)-c1cc(C(C)(C)C)ccc1[CH]2[Zr](=[C](c1ccc(Cl)c2ccccc12)c1ccc(Cl)c2ccccc12)[CH]1C=CC=C1. The Labute approximate surface area is 314 Å². The summed E-state index contributed by atoms with van der Waals surface area (Å²) < 4.78 is 2.18. The van der Waals surface area contributed by atoms with Gasteiger partial charge in [-0.05, 0) is 0 Å². The van der Waals surface area contributed by atoms with E-state index in [1.165, 1.54) is 58.5 Å². The number of fused-ring (bicyclic) bond motifs is 5. The third kappa shape index (κ3) is 5.75.